The number of nitrogens with two attached hydrogens (primary N) is 1. The molecule has 20 heavy (non-hydrogen) atoms. The maximum absolute atomic E-state index is 7.20. The number of nitrogens with one attached hydrogen (secondary N) is 2. The summed E-state index contributed by atoms with van der Waals surface area (Å²) in [6.07, 6.45) is 2.91. The van der Waals surface area contributed by atoms with E-state index in [1.807, 2.05) is 24.3 Å². The standard InChI is InChI=1S/C14H13N5S/c15-9-10-4-3-5-11(8-10)18-14(16)19-13(20)12-6-1-2-7-17-12/h1-9,15H,(H3,16,18,19,20). The molecule has 1 aromatic heterocycles. The molecule has 1 aromatic carbocycles. The van der Waals surface area contributed by atoms with Gasteiger partial charge < -0.3 is 16.5 Å². The van der Waals surface area contributed by atoms with Crippen molar-refractivity contribution in [3.8, 4) is 0 Å². The maximum atomic E-state index is 7.20. The van der Waals surface area contributed by atoms with E-state index in [9.17, 15) is 0 Å². The van der Waals surface area contributed by atoms with Gasteiger partial charge in [0, 0.05) is 18.1 Å². The van der Waals surface area contributed by atoms with Gasteiger partial charge in [-0.25, -0.2) is 4.99 Å². The van der Waals surface area contributed by atoms with Crippen molar-refractivity contribution >= 4 is 35.1 Å². The van der Waals surface area contributed by atoms with Crippen LogP contribution >= 0.6 is 12.2 Å². The van der Waals surface area contributed by atoms with Crippen molar-refractivity contribution in [2.24, 2.45) is 10.7 Å². The number of thiocarbonyl (C=S) groups is 1. The van der Waals surface area contributed by atoms with Gasteiger partial charge in [-0.15, -0.1) is 0 Å². The van der Waals surface area contributed by atoms with Gasteiger partial charge >= 0.3 is 0 Å². The van der Waals surface area contributed by atoms with Crippen LogP contribution in [0.3, 0.4) is 0 Å². The lowest BCUT2D eigenvalue weighted by Gasteiger charge is -2.06. The summed E-state index contributed by atoms with van der Waals surface area (Å²) in [5.41, 5.74) is 7.92. The average molecular weight is 283 g/mol. The number of hydrogen-bond acceptors (Lipinski definition) is 3. The topological polar surface area (TPSA) is 87.2 Å². The SMILES string of the molecule is N=Cc1cccc(NC(N)=NC(=S)c2ccccn2)c1. The monoisotopic (exact) mass is 283 g/mol. The van der Waals surface area contributed by atoms with Gasteiger partial charge in [-0.2, -0.15) is 0 Å². The minimum Gasteiger partial charge on any atom is -0.369 e. The van der Waals surface area contributed by atoms with Crippen molar-refractivity contribution in [1.82, 2.24) is 4.98 Å². The van der Waals surface area contributed by atoms with Crippen LogP contribution in [0.4, 0.5) is 5.69 Å². The lowest BCUT2D eigenvalue weighted by molar-refractivity contribution is 1.29. The van der Waals surface area contributed by atoms with Crippen LogP contribution in [0.2, 0.25) is 0 Å². The number of aromatic nitrogens is 1. The predicted molar refractivity (Wildman–Crippen MR) is 85.5 cm³/mol. The molecule has 0 bridgehead atoms. The third kappa shape index (κ3) is 3.69. The lowest BCUT2D eigenvalue weighted by atomic mass is 10.2. The Bertz CT molecular complexity index is 652. The summed E-state index contributed by atoms with van der Waals surface area (Å²) in [7, 11) is 0. The zero-order valence-corrected chi connectivity index (χ0v) is 11.4. The molecule has 0 fully saturated rings. The number of nitrogens with zero attached hydrogens (tertiary/aromatic N) is 2. The second-order valence-electron chi connectivity index (χ2n) is 3.91. The fraction of sp³-hybridized carbons (Fsp3) is 0. The van der Waals surface area contributed by atoms with Gasteiger partial charge in [0.05, 0.1) is 5.69 Å². The minimum absolute atomic E-state index is 0.183. The van der Waals surface area contributed by atoms with E-state index in [1.165, 1.54) is 6.21 Å². The van der Waals surface area contributed by atoms with E-state index in [0.717, 1.165) is 11.3 Å². The van der Waals surface area contributed by atoms with Gasteiger partial charge in [0.1, 0.15) is 0 Å². The first-order chi connectivity index (χ1) is 9.69. The summed E-state index contributed by atoms with van der Waals surface area (Å²) in [5, 5.41) is 10.1. The molecule has 0 aliphatic rings. The normalized spacial score (nSPS) is 10.9. The van der Waals surface area contributed by atoms with Crippen molar-refractivity contribution < 1.29 is 0 Å². The Morgan fingerprint density at radius 2 is 2.15 bits per heavy atom. The molecule has 6 heteroatoms. The molecule has 0 saturated heterocycles. The van der Waals surface area contributed by atoms with Crippen molar-refractivity contribution in [1.29, 1.82) is 5.41 Å². The minimum atomic E-state index is 0.183. The Labute approximate surface area is 122 Å². The maximum Gasteiger partial charge on any atom is 0.199 e. The Hall–Kier alpha value is -2.60. The van der Waals surface area contributed by atoms with E-state index in [4.69, 9.17) is 23.4 Å². The highest BCUT2D eigenvalue weighted by Gasteiger charge is 2.02. The van der Waals surface area contributed by atoms with E-state index < -0.39 is 0 Å². The predicted octanol–water partition coefficient (Wildman–Crippen LogP) is 2.18. The van der Waals surface area contributed by atoms with E-state index in [2.05, 4.69) is 15.3 Å². The largest absolute Gasteiger partial charge is 0.369 e. The lowest BCUT2D eigenvalue weighted by Crippen LogP contribution is -2.24. The molecular weight excluding hydrogens is 270 g/mol. The van der Waals surface area contributed by atoms with Crippen molar-refractivity contribution in [3.05, 3.63) is 59.9 Å². The van der Waals surface area contributed by atoms with Gasteiger partial charge in [-0.1, -0.05) is 30.4 Å². The molecule has 100 valence electrons. The van der Waals surface area contributed by atoms with E-state index in [1.54, 1.807) is 24.4 Å². The number of guanidine groups is 1. The quantitative estimate of drug-likeness (QED) is 0.458. The molecule has 0 aliphatic carbocycles. The third-order valence-electron chi connectivity index (χ3n) is 2.43. The van der Waals surface area contributed by atoms with Gasteiger partial charge in [0.2, 0.25) is 0 Å². The Balaban J connectivity index is 2.11. The summed E-state index contributed by atoms with van der Waals surface area (Å²) < 4.78 is 0. The Kier molecular flexibility index (Phi) is 4.52. The second kappa shape index (κ2) is 6.53. The van der Waals surface area contributed by atoms with Crippen LogP contribution < -0.4 is 11.1 Å². The molecular formula is C14H13N5S. The number of pyridine rings is 1. The average Bonchev–Trinajstić information content (AvgIpc) is 2.48. The fourth-order valence-corrected chi connectivity index (χ4v) is 1.76. The molecule has 0 atom stereocenters. The first-order valence-corrected chi connectivity index (χ1v) is 6.27. The molecule has 1 heterocycles. The molecule has 2 aromatic rings. The van der Waals surface area contributed by atoms with E-state index in [-0.39, 0.29) is 5.96 Å². The second-order valence-corrected chi connectivity index (χ2v) is 4.30. The number of aliphatic imine (C=N–C) groups is 1. The molecule has 0 amide bonds. The fourth-order valence-electron chi connectivity index (χ4n) is 1.54. The third-order valence-corrected chi connectivity index (χ3v) is 2.73. The summed E-state index contributed by atoms with van der Waals surface area (Å²) in [5.74, 6) is 0.183. The van der Waals surface area contributed by atoms with Crippen LogP contribution in [0.1, 0.15) is 11.3 Å². The van der Waals surface area contributed by atoms with Crippen LogP contribution in [0.15, 0.2) is 53.7 Å². The van der Waals surface area contributed by atoms with Gasteiger partial charge in [-0.05, 0) is 29.8 Å². The zero-order valence-electron chi connectivity index (χ0n) is 10.6. The van der Waals surface area contributed by atoms with Crippen molar-refractivity contribution in [3.63, 3.8) is 0 Å². The van der Waals surface area contributed by atoms with Gasteiger partial charge in [0.25, 0.3) is 0 Å². The summed E-state index contributed by atoms with van der Waals surface area (Å²) >= 11 is 5.16. The van der Waals surface area contributed by atoms with Crippen LogP contribution in [-0.4, -0.2) is 22.1 Å². The molecule has 0 radical (unpaired) electrons. The summed E-state index contributed by atoms with van der Waals surface area (Å²) in [4.78, 5) is 8.52. The Morgan fingerprint density at radius 3 is 2.85 bits per heavy atom. The number of benzene rings is 1. The van der Waals surface area contributed by atoms with Crippen molar-refractivity contribution in [2.75, 3.05) is 5.32 Å². The smallest absolute Gasteiger partial charge is 0.199 e. The molecule has 4 N–H and O–H groups in total. The summed E-state index contributed by atoms with van der Waals surface area (Å²) in [6.45, 7) is 0. The first kappa shape index (κ1) is 13.8. The first-order valence-electron chi connectivity index (χ1n) is 5.86. The highest BCUT2D eigenvalue weighted by molar-refractivity contribution is 7.80. The van der Waals surface area contributed by atoms with Gasteiger partial charge in [0.15, 0.2) is 10.9 Å². The molecule has 0 unspecified atom stereocenters. The number of rotatable bonds is 3. The van der Waals surface area contributed by atoms with E-state index >= 15 is 0 Å². The van der Waals surface area contributed by atoms with Crippen molar-refractivity contribution in [2.45, 2.75) is 0 Å². The summed E-state index contributed by atoms with van der Waals surface area (Å²) in [6, 6.07) is 12.7. The van der Waals surface area contributed by atoms with Crippen LogP contribution in [0.5, 0.6) is 0 Å². The van der Waals surface area contributed by atoms with Crippen LogP contribution in [-0.2, 0) is 0 Å². The highest BCUT2D eigenvalue weighted by Crippen LogP contribution is 2.08. The van der Waals surface area contributed by atoms with Crippen LogP contribution in [0.25, 0.3) is 0 Å². The van der Waals surface area contributed by atoms with E-state index in [0.29, 0.717) is 10.7 Å². The van der Waals surface area contributed by atoms with Crippen LogP contribution in [0, 0.1) is 5.41 Å². The number of hydrogen-bond donors (Lipinski definition) is 3. The van der Waals surface area contributed by atoms with Gasteiger partial charge in [-0.3, -0.25) is 4.98 Å². The number of anilines is 1. The molecule has 0 aliphatic heterocycles. The Morgan fingerprint density at radius 1 is 1.30 bits per heavy atom. The zero-order chi connectivity index (χ0) is 14.4. The highest BCUT2D eigenvalue weighted by atomic mass is 32.1. The molecule has 0 spiro atoms. The molecule has 0 saturated carbocycles. The molecule has 5 nitrogen and oxygen atoms in total. The molecule has 2 rings (SSSR count).